The molecule has 0 fully saturated rings. The van der Waals surface area contributed by atoms with Crippen LogP contribution in [0, 0.1) is 6.92 Å². The van der Waals surface area contributed by atoms with Crippen LogP contribution in [0.3, 0.4) is 0 Å². The molecule has 0 saturated carbocycles. The zero-order chi connectivity index (χ0) is 11.3. The van der Waals surface area contributed by atoms with Crippen molar-refractivity contribution < 1.29 is 5.11 Å². The molecule has 0 amide bonds. The third kappa shape index (κ3) is 3.56. The van der Waals surface area contributed by atoms with Crippen LogP contribution in [-0.4, -0.2) is 23.1 Å². The van der Waals surface area contributed by atoms with Gasteiger partial charge in [0.15, 0.2) is 0 Å². The minimum Gasteiger partial charge on any atom is -0.508 e. The molecule has 0 aliphatic carbocycles. The summed E-state index contributed by atoms with van der Waals surface area (Å²) in [5.41, 5.74) is 2.24. The van der Waals surface area contributed by atoms with Gasteiger partial charge in [-0.15, -0.1) is 0 Å². The maximum absolute atomic E-state index is 9.72. The van der Waals surface area contributed by atoms with Crippen LogP contribution in [0.5, 0.6) is 5.75 Å². The molecule has 0 spiro atoms. The van der Waals surface area contributed by atoms with Crippen molar-refractivity contribution in [3.63, 3.8) is 0 Å². The van der Waals surface area contributed by atoms with Crippen LogP contribution < -0.4 is 0 Å². The summed E-state index contributed by atoms with van der Waals surface area (Å²) in [5.74, 6) is 0.412. The van der Waals surface area contributed by atoms with Gasteiger partial charge in [-0.3, -0.25) is 4.90 Å². The molecule has 1 rings (SSSR count). The molecule has 0 unspecified atom stereocenters. The molecular formula is C13H21NO. The first kappa shape index (κ1) is 12.1. The molecule has 0 radical (unpaired) electrons. The molecule has 0 atom stereocenters. The number of nitrogens with zero attached hydrogens (tertiary/aromatic N) is 1. The van der Waals surface area contributed by atoms with Crippen molar-refractivity contribution in [1.82, 2.24) is 4.90 Å². The smallest absolute Gasteiger partial charge is 0.120 e. The summed E-state index contributed by atoms with van der Waals surface area (Å²) in [6.07, 6.45) is 1.15. The highest BCUT2D eigenvalue weighted by molar-refractivity contribution is 5.35. The fourth-order valence-corrected chi connectivity index (χ4v) is 1.75. The molecule has 1 N–H and O–H groups in total. The largest absolute Gasteiger partial charge is 0.508 e. The van der Waals surface area contributed by atoms with E-state index < -0.39 is 0 Å². The Morgan fingerprint density at radius 2 is 2.00 bits per heavy atom. The third-order valence-corrected chi connectivity index (χ3v) is 2.62. The second-order valence-electron chi connectivity index (χ2n) is 4.00. The van der Waals surface area contributed by atoms with Crippen molar-refractivity contribution in [1.29, 1.82) is 0 Å². The minimum atomic E-state index is 0.412. The second kappa shape index (κ2) is 5.76. The maximum atomic E-state index is 9.72. The quantitative estimate of drug-likeness (QED) is 0.802. The Labute approximate surface area is 92.5 Å². The number of aromatic hydroxyl groups is 1. The van der Waals surface area contributed by atoms with Gasteiger partial charge in [0.05, 0.1) is 0 Å². The number of phenols is 1. The SMILES string of the molecule is CCCN(CC)Cc1cc(C)ccc1O. The van der Waals surface area contributed by atoms with Gasteiger partial charge < -0.3 is 5.11 Å². The van der Waals surface area contributed by atoms with Gasteiger partial charge in [0.2, 0.25) is 0 Å². The van der Waals surface area contributed by atoms with E-state index in [2.05, 4.69) is 31.7 Å². The summed E-state index contributed by atoms with van der Waals surface area (Å²) in [5, 5.41) is 9.72. The van der Waals surface area contributed by atoms with Crippen molar-refractivity contribution in [2.75, 3.05) is 13.1 Å². The molecule has 0 saturated heterocycles. The van der Waals surface area contributed by atoms with Gasteiger partial charge in [-0.1, -0.05) is 31.5 Å². The molecular weight excluding hydrogens is 186 g/mol. The highest BCUT2D eigenvalue weighted by Gasteiger charge is 2.06. The number of hydrogen-bond donors (Lipinski definition) is 1. The van der Waals surface area contributed by atoms with E-state index in [4.69, 9.17) is 0 Å². The number of benzene rings is 1. The summed E-state index contributed by atoms with van der Waals surface area (Å²) < 4.78 is 0. The standard InChI is InChI=1S/C13H21NO/c1-4-8-14(5-2)10-12-9-11(3)6-7-13(12)15/h6-7,9,15H,4-5,8,10H2,1-3H3. The lowest BCUT2D eigenvalue weighted by Crippen LogP contribution is -2.23. The zero-order valence-corrected chi connectivity index (χ0v) is 9.95. The van der Waals surface area contributed by atoms with Gasteiger partial charge >= 0.3 is 0 Å². The molecule has 0 aliphatic heterocycles. The van der Waals surface area contributed by atoms with E-state index >= 15 is 0 Å². The fraction of sp³-hybridized carbons (Fsp3) is 0.538. The maximum Gasteiger partial charge on any atom is 0.120 e. The van der Waals surface area contributed by atoms with Gasteiger partial charge in [-0.05, 0) is 32.5 Å². The highest BCUT2D eigenvalue weighted by Crippen LogP contribution is 2.19. The van der Waals surface area contributed by atoms with Crippen LogP contribution >= 0.6 is 0 Å². The molecule has 0 aliphatic rings. The number of rotatable bonds is 5. The summed E-state index contributed by atoms with van der Waals surface area (Å²) in [7, 11) is 0. The Morgan fingerprint density at radius 3 is 2.60 bits per heavy atom. The first-order valence-corrected chi connectivity index (χ1v) is 5.68. The van der Waals surface area contributed by atoms with Crippen LogP contribution in [0.2, 0.25) is 0 Å². The lowest BCUT2D eigenvalue weighted by Gasteiger charge is -2.20. The number of hydrogen-bond acceptors (Lipinski definition) is 2. The fourth-order valence-electron chi connectivity index (χ4n) is 1.75. The molecule has 84 valence electrons. The monoisotopic (exact) mass is 207 g/mol. The normalized spacial score (nSPS) is 10.9. The van der Waals surface area contributed by atoms with Crippen molar-refractivity contribution in [3.8, 4) is 5.75 Å². The topological polar surface area (TPSA) is 23.5 Å². The first-order valence-electron chi connectivity index (χ1n) is 5.68. The third-order valence-electron chi connectivity index (χ3n) is 2.62. The number of aryl methyl sites for hydroxylation is 1. The van der Waals surface area contributed by atoms with Crippen molar-refractivity contribution in [2.45, 2.75) is 33.7 Å². The van der Waals surface area contributed by atoms with Gasteiger partial charge in [0.25, 0.3) is 0 Å². The van der Waals surface area contributed by atoms with E-state index in [1.165, 1.54) is 5.56 Å². The van der Waals surface area contributed by atoms with Crippen LogP contribution in [0.1, 0.15) is 31.4 Å². The predicted molar refractivity (Wildman–Crippen MR) is 64.1 cm³/mol. The van der Waals surface area contributed by atoms with Crippen LogP contribution in [0.4, 0.5) is 0 Å². The van der Waals surface area contributed by atoms with Gasteiger partial charge in [-0.25, -0.2) is 0 Å². The van der Waals surface area contributed by atoms with Crippen LogP contribution in [0.15, 0.2) is 18.2 Å². The average molecular weight is 207 g/mol. The van der Waals surface area contributed by atoms with Gasteiger partial charge in [0, 0.05) is 12.1 Å². The van der Waals surface area contributed by atoms with E-state index in [-0.39, 0.29) is 0 Å². The van der Waals surface area contributed by atoms with E-state index in [9.17, 15) is 5.11 Å². The van der Waals surface area contributed by atoms with Crippen molar-refractivity contribution in [2.24, 2.45) is 0 Å². The molecule has 2 heteroatoms. The summed E-state index contributed by atoms with van der Waals surface area (Å²) in [6.45, 7) is 9.35. The first-order chi connectivity index (χ1) is 7.17. The molecule has 1 aromatic rings. The lowest BCUT2D eigenvalue weighted by atomic mass is 10.1. The molecule has 0 aromatic heterocycles. The highest BCUT2D eigenvalue weighted by atomic mass is 16.3. The van der Waals surface area contributed by atoms with Gasteiger partial charge in [-0.2, -0.15) is 0 Å². The molecule has 2 nitrogen and oxygen atoms in total. The molecule has 15 heavy (non-hydrogen) atoms. The van der Waals surface area contributed by atoms with E-state index in [0.717, 1.165) is 31.6 Å². The summed E-state index contributed by atoms with van der Waals surface area (Å²) in [6, 6.07) is 5.78. The van der Waals surface area contributed by atoms with E-state index in [0.29, 0.717) is 5.75 Å². The lowest BCUT2D eigenvalue weighted by molar-refractivity contribution is 0.276. The Morgan fingerprint density at radius 1 is 1.27 bits per heavy atom. The van der Waals surface area contributed by atoms with E-state index in [1.54, 1.807) is 6.07 Å². The Hall–Kier alpha value is -1.02. The summed E-state index contributed by atoms with van der Waals surface area (Å²) >= 11 is 0. The minimum absolute atomic E-state index is 0.412. The van der Waals surface area contributed by atoms with Crippen molar-refractivity contribution >= 4 is 0 Å². The van der Waals surface area contributed by atoms with Crippen LogP contribution in [-0.2, 0) is 6.54 Å². The Bertz CT molecular complexity index is 309. The second-order valence-corrected chi connectivity index (χ2v) is 4.00. The number of phenolic OH excluding ortho intramolecular Hbond substituents is 1. The van der Waals surface area contributed by atoms with Gasteiger partial charge in [0.1, 0.15) is 5.75 Å². The van der Waals surface area contributed by atoms with E-state index in [1.807, 2.05) is 6.07 Å². The predicted octanol–water partition coefficient (Wildman–Crippen LogP) is 2.93. The zero-order valence-electron chi connectivity index (χ0n) is 9.95. The van der Waals surface area contributed by atoms with Crippen molar-refractivity contribution in [3.05, 3.63) is 29.3 Å². The molecule has 0 heterocycles. The summed E-state index contributed by atoms with van der Waals surface area (Å²) in [4.78, 5) is 2.34. The average Bonchev–Trinajstić information content (AvgIpc) is 2.22. The Balaban J connectivity index is 2.73. The Kier molecular flexibility index (Phi) is 4.63. The molecule has 1 aromatic carbocycles. The van der Waals surface area contributed by atoms with Crippen LogP contribution in [0.25, 0.3) is 0 Å². The molecule has 0 bridgehead atoms.